The second kappa shape index (κ2) is 6.18. The van der Waals surface area contributed by atoms with E-state index in [1.165, 1.54) is 11.0 Å². The lowest BCUT2D eigenvalue weighted by Gasteiger charge is -2.26. The molecule has 118 valence electrons. The van der Waals surface area contributed by atoms with Crippen LogP contribution >= 0.6 is 0 Å². The van der Waals surface area contributed by atoms with Crippen molar-refractivity contribution in [3.05, 3.63) is 30.9 Å². The Labute approximate surface area is 128 Å². The minimum atomic E-state index is -3.51. The molecule has 7 nitrogen and oxygen atoms in total. The first-order valence-corrected chi connectivity index (χ1v) is 8.29. The van der Waals surface area contributed by atoms with E-state index in [-0.39, 0.29) is 18.3 Å². The molecule has 0 aliphatic carbocycles. The fourth-order valence-electron chi connectivity index (χ4n) is 1.99. The van der Waals surface area contributed by atoms with Crippen molar-refractivity contribution < 1.29 is 22.7 Å². The van der Waals surface area contributed by atoms with E-state index in [1.54, 1.807) is 25.2 Å². The van der Waals surface area contributed by atoms with Crippen LogP contribution in [-0.2, 0) is 19.4 Å². The Morgan fingerprint density at radius 1 is 1.50 bits per heavy atom. The number of rotatable bonds is 5. The lowest BCUT2D eigenvalue weighted by atomic mass is 10.2. The molecule has 0 fully saturated rings. The quantitative estimate of drug-likeness (QED) is 0.800. The molecular formula is C14H16N2O5S. The highest BCUT2D eigenvalue weighted by Gasteiger charge is 2.23. The highest BCUT2D eigenvalue weighted by molar-refractivity contribution is 7.92. The van der Waals surface area contributed by atoms with Crippen LogP contribution in [0.4, 0.5) is 11.4 Å². The van der Waals surface area contributed by atoms with Gasteiger partial charge in [0, 0.05) is 12.7 Å². The molecule has 1 aromatic carbocycles. The van der Waals surface area contributed by atoms with E-state index in [1.807, 2.05) is 0 Å². The predicted molar refractivity (Wildman–Crippen MR) is 82.8 cm³/mol. The molecule has 1 aliphatic heterocycles. The van der Waals surface area contributed by atoms with Crippen LogP contribution in [0.15, 0.2) is 30.9 Å². The van der Waals surface area contributed by atoms with Gasteiger partial charge in [-0.2, -0.15) is 0 Å². The topological polar surface area (TPSA) is 92.8 Å². The number of likely N-dealkylation sites (N-methyl/N-ethyl adjacent to an activating group) is 1. The van der Waals surface area contributed by atoms with Gasteiger partial charge in [0.1, 0.15) is 11.5 Å². The molecule has 0 atom stereocenters. The van der Waals surface area contributed by atoms with E-state index in [0.717, 1.165) is 0 Å². The van der Waals surface area contributed by atoms with Crippen LogP contribution in [0, 0.1) is 0 Å². The number of amides is 2. The van der Waals surface area contributed by atoms with Crippen molar-refractivity contribution in [1.29, 1.82) is 0 Å². The molecule has 1 N–H and O–H groups in total. The third kappa shape index (κ3) is 3.64. The Morgan fingerprint density at radius 3 is 2.91 bits per heavy atom. The van der Waals surface area contributed by atoms with Crippen LogP contribution < -0.4 is 15.0 Å². The zero-order valence-corrected chi connectivity index (χ0v) is 12.9. The second-order valence-electron chi connectivity index (χ2n) is 4.82. The molecule has 1 aromatic rings. The number of sulfone groups is 1. The molecule has 0 saturated heterocycles. The summed E-state index contributed by atoms with van der Waals surface area (Å²) < 4.78 is 28.4. The largest absolute Gasteiger partial charge is 0.482 e. The molecule has 0 aromatic heterocycles. The van der Waals surface area contributed by atoms with Crippen LogP contribution in [0.1, 0.15) is 0 Å². The number of benzene rings is 1. The third-order valence-corrected chi connectivity index (χ3v) is 4.50. The van der Waals surface area contributed by atoms with Gasteiger partial charge >= 0.3 is 0 Å². The molecule has 0 saturated carbocycles. The van der Waals surface area contributed by atoms with E-state index in [4.69, 9.17) is 4.74 Å². The smallest absolute Gasteiger partial charge is 0.264 e. The number of fused-ring (bicyclic) bond motifs is 1. The number of carbonyl (C=O) groups excluding carboxylic acids is 2. The maximum Gasteiger partial charge on any atom is 0.264 e. The number of anilines is 2. The van der Waals surface area contributed by atoms with Gasteiger partial charge in [-0.15, -0.1) is 6.58 Å². The van der Waals surface area contributed by atoms with Crippen LogP contribution in [0.25, 0.3) is 0 Å². The summed E-state index contributed by atoms with van der Waals surface area (Å²) in [5, 5.41) is 2.50. The van der Waals surface area contributed by atoms with Gasteiger partial charge in [0.15, 0.2) is 16.4 Å². The summed E-state index contributed by atoms with van der Waals surface area (Å²) in [5.41, 5.74) is 0.908. The van der Waals surface area contributed by atoms with Crippen LogP contribution in [0.5, 0.6) is 5.75 Å². The molecule has 0 unspecified atom stereocenters. The molecule has 0 bridgehead atoms. The Balaban J connectivity index is 2.13. The molecule has 0 spiro atoms. The van der Waals surface area contributed by atoms with E-state index < -0.39 is 21.5 Å². The molecular weight excluding hydrogens is 308 g/mol. The summed E-state index contributed by atoms with van der Waals surface area (Å²) in [6.07, 6.45) is 1.24. The van der Waals surface area contributed by atoms with Crippen molar-refractivity contribution in [3.63, 3.8) is 0 Å². The lowest BCUT2D eigenvalue weighted by Crippen LogP contribution is -2.35. The van der Waals surface area contributed by atoms with Crippen molar-refractivity contribution in [3.8, 4) is 5.75 Å². The fourth-order valence-corrected chi connectivity index (χ4v) is 2.93. The first kappa shape index (κ1) is 16.0. The zero-order valence-electron chi connectivity index (χ0n) is 12.0. The van der Waals surface area contributed by atoms with E-state index >= 15 is 0 Å². The van der Waals surface area contributed by atoms with Gasteiger partial charge in [-0.3, -0.25) is 9.59 Å². The maximum atomic E-state index is 11.8. The van der Waals surface area contributed by atoms with Crippen LogP contribution in [0.3, 0.4) is 0 Å². The van der Waals surface area contributed by atoms with Gasteiger partial charge in [-0.1, -0.05) is 6.08 Å². The average molecular weight is 324 g/mol. The monoisotopic (exact) mass is 324 g/mol. The van der Waals surface area contributed by atoms with Gasteiger partial charge < -0.3 is 15.0 Å². The molecule has 1 heterocycles. The highest BCUT2D eigenvalue weighted by atomic mass is 32.2. The highest BCUT2D eigenvalue weighted by Crippen LogP contribution is 2.33. The van der Waals surface area contributed by atoms with Gasteiger partial charge in [-0.25, -0.2) is 8.42 Å². The number of nitrogens with one attached hydrogen (secondary N) is 1. The molecule has 2 amide bonds. The molecule has 2 rings (SSSR count). The van der Waals surface area contributed by atoms with Gasteiger partial charge in [0.25, 0.3) is 5.91 Å². The Bertz CT molecular complexity index is 727. The Hall–Kier alpha value is -2.35. The number of carbonyl (C=O) groups is 2. The predicted octanol–water partition coefficient (Wildman–Crippen LogP) is 0.581. The molecule has 8 heteroatoms. The second-order valence-corrected chi connectivity index (χ2v) is 6.92. The summed E-state index contributed by atoms with van der Waals surface area (Å²) in [7, 11) is -1.91. The van der Waals surface area contributed by atoms with Crippen LogP contribution in [0.2, 0.25) is 0 Å². The molecule has 0 radical (unpaired) electrons. The fraction of sp³-hybridized carbons (Fsp3) is 0.286. The third-order valence-electron chi connectivity index (χ3n) is 3.05. The number of hydrogen-bond acceptors (Lipinski definition) is 5. The summed E-state index contributed by atoms with van der Waals surface area (Å²) >= 11 is 0. The minimum absolute atomic E-state index is 0.0327. The number of nitrogens with zero attached hydrogens (tertiary/aromatic N) is 1. The van der Waals surface area contributed by atoms with Crippen molar-refractivity contribution in [1.82, 2.24) is 0 Å². The maximum absolute atomic E-state index is 11.8. The van der Waals surface area contributed by atoms with Crippen molar-refractivity contribution in [2.75, 3.05) is 35.4 Å². The summed E-state index contributed by atoms with van der Waals surface area (Å²) in [4.78, 5) is 24.8. The van der Waals surface area contributed by atoms with Crippen molar-refractivity contribution in [2.24, 2.45) is 0 Å². The summed E-state index contributed by atoms with van der Waals surface area (Å²) in [6, 6.07) is 4.76. The van der Waals surface area contributed by atoms with E-state index in [9.17, 15) is 18.0 Å². The van der Waals surface area contributed by atoms with Crippen molar-refractivity contribution in [2.45, 2.75) is 0 Å². The SMILES string of the molecule is C=CCS(=O)(=O)CC(=O)Nc1ccc2c(c1)N(C)C(=O)CO2. The first-order valence-electron chi connectivity index (χ1n) is 6.47. The zero-order chi connectivity index (χ0) is 16.3. The summed E-state index contributed by atoms with van der Waals surface area (Å²) in [5.74, 6) is -1.20. The van der Waals surface area contributed by atoms with E-state index in [2.05, 4.69) is 11.9 Å². The normalized spacial score (nSPS) is 14.0. The van der Waals surface area contributed by atoms with Gasteiger partial charge in [0.05, 0.1) is 11.4 Å². The van der Waals surface area contributed by atoms with Gasteiger partial charge in [0.2, 0.25) is 5.91 Å². The van der Waals surface area contributed by atoms with Gasteiger partial charge in [-0.05, 0) is 18.2 Å². The van der Waals surface area contributed by atoms with E-state index in [0.29, 0.717) is 17.1 Å². The number of hydrogen-bond donors (Lipinski definition) is 1. The molecule has 22 heavy (non-hydrogen) atoms. The standard InChI is InChI=1S/C14H16N2O5S/c1-3-6-22(19,20)9-13(17)15-10-4-5-12-11(7-10)16(2)14(18)8-21-12/h3-5,7H,1,6,8-9H2,2H3,(H,15,17). The Morgan fingerprint density at radius 2 is 2.23 bits per heavy atom. The molecule has 1 aliphatic rings. The first-order chi connectivity index (χ1) is 10.3. The Kier molecular flexibility index (Phi) is 4.51. The average Bonchev–Trinajstić information content (AvgIpc) is 2.42. The lowest BCUT2D eigenvalue weighted by molar-refractivity contribution is -0.121. The minimum Gasteiger partial charge on any atom is -0.482 e. The van der Waals surface area contributed by atoms with Crippen molar-refractivity contribution >= 4 is 33.0 Å². The number of ether oxygens (including phenoxy) is 1. The summed E-state index contributed by atoms with van der Waals surface area (Å²) in [6.45, 7) is 3.31. The van der Waals surface area contributed by atoms with Crippen LogP contribution in [-0.4, -0.2) is 45.4 Å².